The largest absolute Gasteiger partial charge is 0.354 e. The minimum atomic E-state index is -0.152. The fourth-order valence-corrected chi connectivity index (χ4v) is 3.65. The van der Waals surface area contributed by atoms with Crippen molar-refractivity contribution in [3.8, 4) is 5.82 Å². The van der Waals surface area contributed by atoms with Crippen molar-refractivity contribution in [2.45, 2.75) is 26.7 Å². The van der Waals surface area contributed by atoms with E-state index in [0.717, 1.165) is 36.6 Å². The van der Waals surface area contributed by atoms with E-state index < -0.39 is 0 Å². The third-order valence-corrected chi connectivity index (χ3v) is 5.15. The molecule has 0 aliphatic carbocycles. The second-order valence-corrected chi connectivity index (χ2v) is 7.65. The highest BCUT2D eigenvalue weighted by molar-refractivity contribution is 6.30. The van der Waals surface area contributed by atoms with E-state index in [-0.39, 0.29) is 11.8 Å². The second-order valence-electron chi connectivity index (χ2n) is 7.21. The molecule has 1 saturated heterocycles. The minimum Gasteiger partial charge on any atom is -0.354 e. The van der Waals surface area contributed by atoms with Crippen molar-refractivity contribution >= 4 is 29.1 Å². The number of hydrogen-bond acceptors (Lipinski definition) is 6. The number of amides is 1. The summed E-state index contributed by atoms with van der Waals surface area (Å²) in [5, 5.41) is 7.89. The van der Waals surface area contributed by atoms with Crippen LogP contribution in [0.5, 0.6) is 0 Å². The molecule has 1 unspecified atom stereocenters. The molecule has 0 saturated carbocycles. The Balaban J connectivity index is 1.48. The quantitative estimate of drug-likeness (QED) is 0.709. The molecule has 1 atom stereocenters. The van der Waals surface area contributed by atoms with Gasteiger partial charge in [0.2, 0.25) is 5.91 Å². The highest BCUT2D eigenvalue weighted by Gasteiger charge is 2.27. The third-order valence-electron chi connectivity index (χ3n) is 4.93. The summed E-state index contributed by atoms with van der Waals surface area (Å²) in [6, 6.07) is 5.40. The van der Waals surface area contributed by atoms with Crippen LogP contribution in [0.1, 0.15) is 24.2 Å². The van der Waals surface area contributed by atoms with Crippen LogP contribution in [0.4, 0.5) is 11.6 Å². The van der Waals surface area contributed by atoms with Crippen molar-refractivity contribution in [1.29, 1.82) is 0 Å². The molecule has 150 valence electrons. The van der Waals surface area contributed by atoms with Gasteiger partial charge in [0.15, 0.2) is 5.82 Å². The first kappa shape index (κ1) is 19.3. The monoisotopic (exact) mass is 411 g/mol. The zero-order valence-corrected chi connectivity index (χ0v) is 17.1. The second kappa shape index (κ2) is 8.16. The summed E-state index contributed by atoms with van der Waals surface area (Å²) >= 11 is 5.85. The predicted molar refractivity (Wildman–Crippen MR) is 111 cm³/mol. The Kier molecular flexibility index (Phi) is 5.44. The maximum atomic E-state index is 12.7. The van der Waals surface area contributed by atoms with Gasteiger partial charge in [-0.1, -0.05) is 11.6 Å². The van der Waals surface area contributed by atoms with Gasteiger partial charge in [0.25, 0.3) is 0 Å². The van der Waals surface area contributed by atoms with Gasteiger partial charge < -0.3 is 10.2 Å². The van der Waals surface area contributed by atoms with Crippen molar-refractivity contribution < 1.29 is 4.79 Å². The van der Waals surface area contributed by atoms with Crippen LogP contribution in [0.3, 0.4) is 0 Å². The number of pyridine rings is 1. The molecule has 8 nitrogen and oxygen atoms in total. The molecular formula is C20H22ClN7O. The van der Waals surface area contributed by atoms with E-state index in [2.05, 4.69) is 25.3 Å². The molecule has 0 aromatic carbocycles. The lowest BCUT2D eigenvalue weighted by Gasteiger charge is -2.32. The van der Waals surface area contributed by atoms with E-state index in [1.807, 2.05) is 19.9 Å². The minimum absolute atomic E-state index is 0.0489. The van der Waals surface area contributed by atoms with Gasteiger partial charge in [0.05, 0.1) is 29.0 Å². The Morgan fingerprint density at radius 2 is 2.03 bits per heavy atom. The van der Waals surface area contributed by atoms with Crippen LogP contribution in [0.15, 0.2) is 36.8 Å². The SMILES string of the molecule is Cc1cc(C)n(-c2cncc(N3CCCC(C(=O)Nc4ccc(Cl)cn4)C3)n2)n1. The van der Waals surface area contributed by atoms with Crippen LogP contribution in [0.25, 0.3) is 5.82 Å². The lowest BCUT2D eigenvalue weighted by atomic mass is 9.97. The topological polar surface area (TPSA) is 88.8 Å². The van der Waals surface area contributed by atoms with E-state index in [4.69, 9.17) is 16.6 Å². The van der Waals surface area contributed by atoms with Gasteiger partial charge in [-0.05, 0) is 44.9 Å². The summed E-state index contributed by atoms with van der Waals surface area (Å²) in [6.45, 7) is 5.34. The molecule has 0 bridgehead atoms. The zero-order chi connectivity index (χ0) is 20.4. The number of aryl methyl sites for hydroxylation is 2. The molecule has 1 amide bonds. The summed E-state index contributed by atoms with van der Waals surface area (Å²) in [7, 11) is 0. The lowest BCUT2D eigenvalue weighted by Crippen LogP contribution is -2.41. The Labute approximate surface area is 173 Å². The average Bonchev–Trinajstić information content (AvgIpc) is 3.08. The Bertz CT molecular complexity index is 1020. The molecular weight excluding hydrogens is 390 g/mol. The normalized spacial score (nSPS) is 16.7. The van der Waals surface area contributed by atoms with Crippen molar-refractivity contribution in [3.63, 3.8) is 0 Å². The number of carbonyl (C=O) groups excluding carboxylic acids is 1. The molecule has 3 aromatic rings. The van der Waals surface area contributed by atoms with E-state index in [1.165, 1.54) is 6.20 Å². The summed E-state index contributed by atoms with van der Waals surface area (Å²) in [5.74, 6) is 1.72. The van der Waals surface area contributed by atoms with Crippen molar-refractivity contribution in [1.82, 2.24) is 24.7 Å². The van der Waals surface area contributed by atoms with Crippen LogP contribution in [0.2, 0.25) is 5.02 Å². The molecule has 29 heavy (non-hydrogen) atoms. The number of halogens is 1. The van der Waals surface area contributed by atoms with Crippen LogP contribution in [0, 0.1) is 19.8 Å². The van der Waals surface area contributed by atoms with Crippen molar-refractivity contribution in [2.24, 2.45) is 5.92 Å². The molecule has 1 fully saturated rings. The van der Waals surface area contributed by atoms with Gasteiger partial charge in [0, 0.05) is 25.0 Å². The Morgan fingerprint density at radius 1 is 1.21 bits per heavy atom. The average molecular weight is 412 g/mol. The van der Waals surface area contributed by atoms with Crippen molar-refractivity contribution in [3.05, 3.63) is 53.2 Å². The van der Waals surface area contributed by atoms with Gasteiger partial charge in [-0.2, -0.15) is 5.10 Å². The molecule has 4 heterocycles. The maximum absolute atomic E-state index is 12.7. The highest BCUT2D eigenvalue weighted by Crippen LogP contribution is 2.23. The predicted octanol–water partition coefficient (Wildman–Crippen LogP) is 3.18. The molecule has 1 aliphatic heterocycles. The number of carbonyl (C=O) groups is 1. The number of aromatic nitrogens is 5. The molecule has 3 aromatic heterocycles. The number of nitrogens with one attached hydrogen (secondary N) is 1. The van der Waals surface area contributed by atoms with Crippen LogP contribution in [-0.2, 0) is 4.79 Å². The van der Waals surface area contributed by atoms with Gasteiger partial charge in [-0.3, -0.25) is 9.78 Å². The van der Waals surface area contributed by atoms with Crippen LogP contribution >= 0.6 is 11.6 Å². The summed E-state index contributed by atoms with van der Waals surface area (Å²) in [4.78, 5) is 28.0. The summed E-state index contributed by atoms with van der Waals surface area (Å²) in [5.41, 5.74) is 1.93. The van der Waals surface area contributed by atoms with Gasteiger partial charge in [-0.25, -0.2) is 14.6 Å². The first-order chi connectivity index (χ1) is 14.0. The zero-order valence-electron chi connectivity index (χ0n) is 16.3. The number of rotatable bonds is 4. The van der Waals surface area contributed by atoms with Gasteiger partial charge in [-0.15, -0.1) is 0 Å². The van der Waals surface area contributed by atoms with E-state index in [1.54, 1.807) is 29.2 Å². The van der Waals surface area contributed by atoms with Crippen molar-refractivity contribution in [2.75, 3.05) is 23.3 Å². The van der Waals surface area contributed by atoms with E-state index in [9.17, 15) is 4.79 Å². The van der Waals surface area contributed by atoms with E-state index in [0.29, 0.717) is 23.2 Å². The Hall–Kier alpha value is -3.00. The number of piperidine rings is 1. The summed E-state index contributed by atoms with van der Waals surface area (Å²) < 4.78 is 1.78. The fraction of sp³-hybridized carbons (Fsp3) is 0.350. The highest BCUT2D eigenvalue weighted by atomic mass is 35.5. The van der Waals surface area contributed by atoms with Gasteiger partial charge >= 0.3 is 0 Å². The molecule has 0 radical (unpaired) electrons. The molecule has 0 spiro atoms. The van der Waals surface area contributed by atoms with E-state index >= 15 is 0 Å². The lowest BCUT2D eigenvalue weighted by molar-refractivity contribution is -0.120. The molecule has 1 N–H and O–H groups in total. The third kappa shape index (κ3) is 4.37. The van der Waals surface area contributed by atoms with Crippen LogP contribution < -0.4 is 10.2 Å². The smallest absolute Gasteiger partial charge is 0.230 e. The summed E-state index contributed by atoms with van der Waals surface area (Å²) in [6.07, 6.45) is 6.67. The van der Waals surface area contributed by atoms with Gasteiger partial charge in [0.1, 0.15) is 11.6 Å². The molecule has 1 aliphatic rings. The number of anilines is 2. The maximum Gasteiger partial charge on any atom is 0.230 e. The fourth-order valence-electron chi connectivity index (χ4n) is 3.54. The van der Waals surface area contributed by atoms with Crippen LogP contribution in [-0.4, -0.2) is 43.7 Å². The molecule has 4 rings (SSSR count). The Morgan fingerprint density at radius 3 is 2.76 bits per heavy atom. The standard InChI is InChI=1S/C20H22ClN7O/c1-13-8-14(2)28(26-13)19-11-22-10-18(25-19)27-7-3-4-15(12-27)20(29)24-17-6-5-16(21)9-23-17/h5-6,8-11,15H,3-4,7,12H2,1-2H3,(H,23,24,29). The number of nitrogens with zero attached hydrogens (tertiary/aromatic N) is 6. The number of hydrogen-bond donors (Lipinski definition) is 1. The molecule has 9 heteroatoms. The first-order valence-corrected chi connectivity index (χ1v) is 9.90. The first-order valence-electron chi connectivity index (χ1n) is 9.52.